The molecule has 0 unspecified atom stereocenters. The van der Waals surface area contributed by atoms with Crippen LogP contribution in [0.5, 0.6) is 0 Å². The lowest BCUT2D eigenvalue weighted by Crippen LogP contribution is -2.42. The first-order valence-electron chi connectivity index (χ1n) is 3.65. The van der Waals surface area contributed by atoms with Crippen molar-refractivity contribution in [1.82, 2.24) is 0 Å². The molecule has 5 heteroatoms. The van der Waals surface area contributed by atoms with E-state index in [-0.39, 0.29) is 12.4 Å². The van der Waals surface area contributed by atoms with Crippen molar-refractivity contribution in [2.75, 3.05) is 7.11 Å². The number of carbonyl (C=O) groups is 1. The van der Waals surface area contributed by atoms with Gasteiger partial charge in [0, 0.05) is 0 Å². The van der Waals surface area contributed by atoms with E-state index in [0.717, 1.165) is 6.42 Å². The lowest BCUT2D eigenvalue weighted by Gasteiger charge is -2.14. The molecule has 74 valence electrons. The van der Waals surface area contributed by atoms with Crippen LogP contribution in [0.4, 0.5) is 0 Å². The number of methoxy groups -OCH3 is 1. The number of ether oxygens (including phenoxy) is 1. The van der Waals surface area contributed by atoms with E-state index < -0.39 is 18.1 Å². The number of carbonyl (C=O) groups excluding carboxylic acids is 1. The topological polar surface area (TPSA) is 72.5 Å². The predicted molar refractivity (Wildman–Crippen MR) is 48.2 cm³/mol. The van der Waals surface area contributed by atoms with E-state index in [4.69, 9.17) is 5.73 Å². The third kappa shape index (κ3) is 4.54. The van der Waals surface area contributed by atoms with Crippen LogP contribution in [0.15, 0.2) is 0 Å². The molecule has 3 N–H and O–H groups in total. The Morgan fingerprint density at radius 1 is 1.67 bits per heavy atom. The number of hydrogen-bond acceptors (Lipinski definition) is 4. The summed E-state index contributed by atoms with van der Waals surface area (Å²) < 4.78 is 4.36. The first kappa shape index (κ1) is 14.2. The number of hydrogen-bond donors (Lipinski definition) is 2. The maximum absolute atomic E-state index is 10.7. The molecule has 0 spiro atoms. The Hall–Kier alpha value is -0.320. The quantitative estimate of drug-likeness (QED) is 0.626. The predicted octanol–water partition coefficient (Wildman–Crippen LogP) is 0.0695. The lowest BCUT2D eigenvalue weighted by molar-refractivity contribution is -0.144. The summed E-state index contributed by atoms with van der Waals surface area (Å²) in [5.74, 6) is -0.564. The summed E-state index contributed by atoms with van der Waals surface area (Å²) in [6.45, 7) is 1.91. The molecule has 0 aromatic rings. The molecule has 0 amide bonds. The van der Waals surface area contributed by atoms with Crippen molar-refractivity contribution < 1.29 is 14.6 Å². The van der Waals surface area contributed by atoms with Gasteiger partial charge in [-0.1, -0.05) is 13.3 Å². The summed E-state index contributed by atoms with van der Waals surface area (Å²) in [5, 5.41) is 9.19. The highest BCUT2D eigenvalue weighted by molar-refractivity contribution is 5.85. The van der Waals surface area contributed by atoms with E-state index in [2.05, 4.69) is 4.74 Å². The van der Waals surface area contributed by atoms with Crippen molar-refractivity contribution in [3.05, 3.63) is 0 Å². The van der Waals surface area contributed by atoms with Crippen LogP contribution in [0.1, 0.15) is 19.8 Å². The van der Waals surface area contributed by atoms with Crippen LogP contribution in [0.2, 0.25) is 0 Å². The van der Waals surface area contributed by atoms with Gasteiger partial charge >= 0.3 is 5.97 Å². The summed E-state index contributed by atoms with van der Waals surface area (Å²) in [6.07, 6.45) is 0.537. The van der Waals surface area contributed by atoms with E-state index in [1.165, 1.54) is 7.11 Å². The van der Waals surface area contributed by atoms with E-state index in [1.54, 1.807) is 0 Å². The van der Waals surface area contributed by atoms with Crippen LogP contribution in [0.25, 0.3) is 0 Å². The number of halogens is 1. The molecule has 0 aliphatic heterocycles. The molecule has 2 atom stereocenters. The maximum atomic E-state index is 10.7. The van der Waals surface area contributed by atoms with Gasteiger partial charge in [0.1, 0.15) is 6.04 Å². The van der Waals surface area contributed by atoms with Crippen molar-refractivity contribution in [3.8, 4) is 0 Å². The summed E-state index contributed by atoms with van der Waals surface area (Å²) in [7, 11) is 1.25. The minimum absolute atomic E-state index is 0. The molecule has 0 bridgehead atoms. The first-order chi connectivity index (χ1) is 5.13. The Balaban J connectivity index is 0. The van der Waals surface area contributed by atoms with Crippen LogP contribution in [-0.4, -0.2) is 30.3 Å². The molecule has 0 rings (SSSR count). The van der Waals surface area contributed by atoms with E-state index >= 15 is 0 Å². The Morgan fingerprint density at radius 2 is 2.17 bits per heavy atom. The second kappa shape index (κ2) is 7.34. The molecule has 0 saturated carbocycles. The third-order valence-electron chi connectivity index (χ3n) is 1.47. The fraction of sp³-hybridized carbons (Fsp3) is 0.857. The normalized spacial score (nSPS) is 14.3. The molecule has 4 nitrogen and oxygen atoms in total. The highest BCUT2D eigenvalue weighted by Gasteiger charge is 2.21. The molecule has 0 saturated heterocycles. The minimum atomic E-state index is -0.903. The van der Waals surface area contributed by atoms with Crippen molar-refractivity contribution in [3.63, 3.8) is 0 Å². The Kier molecular flexibility index (Phi) is 8.69. The van der Waals surface area contributed by atoms with Gasteiger partial charge in [-0.2, -0.15) is 0 Å². The molecule has 12 heavy (non-hydrogen) atoms. The van der Waals surface area contributed by atoms with Crippen molar-refractivity contribution in [1.29, 1.82) is 0 Å². The zero-order chi connectivity index (χ0) is 8.85. The number of rotatable bonds is 4. The minimum Gasteiger partial charge on any atom is -0.468 e. The average Bonchev–Trinajstić information content (AvgIpc) is 2.02. The maximum Gasteiger partial charge on any atom is 0.325 e. The summed E-state index contributed by atoms with van der Waals surface area (Å²) in [6, 6.07) is -0.903. The van der Waals surface area contributed by atoms with Crippen LogP contribution < -0.4 is 5.73 Å². The van der Waals surface area contributed by atoms with E-state index in [1.807, 2.05) is 6.92 Å². The molecule has 0 heterocycles. The van der Waals surface area contributed by atoms with Crippen LogP contribution in [0, 0.1) is 0 Å². The third-order valence-corrected chi connectivity index (χ3v) is 1.47. The Labute approximate surface area is 78.5 Å². The van der Waals surface area contributed by atoms with Gasteiger partial charge in [-0.05, 0) is 6.42 Å². The molecule has 0 radical (unpaired) electrons. The Morgan fingerprint density at radius 3 is 2.50 bits per heavy atom. The highest BCUT2D eigenvalue weighted by atomic mass is 35.5. The van der Waals surface area contributed by atoms with Gasteiger partial charge in [0.2, 0.25) is 0 Å². The summed E-state index contributed by atoms with van der Waals surface area (Å²) >= 11 is 0. The molecule has 0 aliphatic carbocycles. The largest absolute Gasteiger partial charge is 0.468 e. The van der Waals surface area contributed by atoms with Gasteiger partial charge in [-0.15, -0.1) is 12.4 Å². The second-order valence-corrected chi connectivity index (χ2v) is 2.40. The lowest BCUT2D eigenvalue weighted by atomic mass is 10.1. The number of aliphatic hydroxyl groups excluding tert-OH is 1. The van der Waals surface area contributed by atoms with Gasteiger partial charge in [0.05, 0.1) is 13.2 Å². The number of aliphatic hydroxyl groups is 1. The van der Waals surface area contributed by atoms with Gasteiger partial charge in [0.25, 0.3) is 0 Å². The molecule has 0 aromatic heterocycles. The average molecular weight is 198 g/mol. The number of nitrogens with two attached hydrogens (primary N) is 1. The molecule has 0 aromatic carbocycles. The van der Waals surface area contributed by atoms with Crippen molar-refractivity contribution >= 4 is 18.4 Å². The monoisotopic (exact) mass is 197 g/mol. The van der Waals surface area contributed by atoms with Gasteiger partial charge in [0.15, 0.2) is 0 Å². The van der Waals surface area contributed by atoms with Gasteiger partial charge in [-0.3, -0.25) is 4.79 Å². The standard InChI is InChI=1S/C7H15NO3.ClH/c1-3-4-5(9)6(8)7(10)11-2;/h5-6,9H,3-4,8H2,1-2H3;1H/t5-,6-;/m0./s1. The fourth-order valence-corrected chi connectivity index (χ4v) is 0.768. The zero-order valence-corrected chi connectivity index (χ0v) is 8.13. The molecule has 0 aliphatic rings. The SMILES string of the molecule is CCC[C@H](O)[C@H](N)C(=O)OC.Cl. The Bertz CT molecular complexity index is 132. The summed E-state index contributed by atoms with van der Waals surface area (Å²) in [5.41, 5.74) is 5.33. The summed E-state index contributed by atoms with van der Waals surface area (Å²) in [4.78, 5) is 10.7. The van der Waals surface area contributed by atoms with Crippen LogP contribution >= 0.6 is 12.4 Å². The van der Waals surface area contributed by atoms with E-state index in [0.29, 0.717) is 6.42 Å². The van der Waals surface area contributed by atoms with Gasteiger partial charge in [-0.25, -0.2) is 0 Å². The van der Waals surface area contributed by atoms with Gasteiger partial charge < -0.3 is 15.6 Å². The highest BCUT2D eigenvalue weighted by Crippen LogP contribution is 2.00. The molecular formula is C7H16ClNO3. The molecular weight excluding hydrogens is 182 g/mol. The zero-order valence-electron chi connectivity index (χ0n) is 7.32. The number of esters is 1. The first-order valence-corrected chi connectivity index (χ1v) is 3.65. The van der Waals surface area contributed by atoms with Crippen molar-refractivity contribution in [2.24, 2.45) is 5.73 Å². The van der Waals surface area contributed by atoms with E-state index in [9.17, 15) is 9.90 Å². The van der Waals surface area contributed by atoms with Crippen LogP contribution in [0.3, 0.4) is 0 Å². The van der Waals surface area contributed by atoms with Crippen molar-refractivity contribution in [2.45, 2.75) is 31.9 Å². The fourth-order valence-electron chi connectivity index (χ4n) is 0.768. The second-order valence-electron chi connectivity index (χ2n) is 2.40. The van der Waals surface area contributed by atoms with Crippen LogP contribution in [-0.2, 0) is 9.53 Å². The molecule has 0 fully saturated rings. The smallest absolute Gasteiger partial charge is 0.325 e.